The van der Waals surface area contributed by atoms with Gasteiger partial charge in [0.15, 0.2) is 0 Å². The molecule has 0 spiro atoms. The lowest BCUT2D eigenvalue weighted by Crippen LogP contribution is -2.36. The smallest absolute Gasteiger partial charge is 0.0472 e. The average molecular weight is 232 g/mol. The summed E-state index contributed by atoms with van der Waals surface area (Å²) in [7, 11) is 0. The van der Waals surface area contributed by atoms with Crippen LogP contribution in [0.25, 0.3) is 0 Å². The summed E-state index contributed by atoms with van der Waals surface area (Å²) in [5, 5.41) is 3.58. The van der Waals surface area contributed by atoms with Gasteiger partial charge in [-0.15, -0.1) is 0 Å². The molecule has 1 aliphatic rings. The van der Waals surface area contributed by atoms with Crippen molar-refractivity contribution >= 4 is 0 Å². The normalized spacial score (nSPS) is 18.8. The Morgan fingerprint density at radius 3 is 2.35 bits per heavy atom. The molecule has 0 aliphatic carbocycles. The van der Waals surface area contributed by atoms with E-state index in [-0.39, 0.29) is 0 Å². The second kappa shape index (κ2) is 6.18. The Balaban J connectivity index is 2.06. The van der Waals surface area contributed by atoms with Crippen molar-refractivity contribution in [1.29, 1.82) is 0 Å². The highest BCUT2D eigenvalue weighted by Gasteiger charge is 2.22. The van der Waals surface area contributed by atoms with Crippen LogP contribution < -0.4 is 5.32 Å². The second-order valence-electron chi connectivity index (χ2n) is 5.23. The summed E-state index contributed by atoms with van der Waals surface area (Å²) in [4.78, 5) is 2.62. The number of hydrogen-bond donors (Lipinski definition) is 1. The Labute approximate surface area is 105 Å². The number of rotatable bonds is 5. The molecule has 2 rings (SSSR count). The summed E-state index contributed by atoms with van der Waals surface area (Å²) in [6.45, 7) is 7.98. The molecule has 1 aromatic carbocycles. The first kappa shape index (κ1) is 12.6. The molecule has 1 aromatic rings. The van der Waals surface area contributed by atoms with E-state index in [0.29, 0.717) is 12.1 Å². The lowest BCUT2D eigenvalue weighted by molar-refractivity contribution is 0.235. The first-order valence-electron chi connectivity index (χ1n) is 6.80. The van der Waals surface area contributed by atoms with Crippen molar-refractivity contribution in [3.63, 3.8) is 0 Å². The van der Waals surface area contributed by atoms with Crippen LogP contribution in [-0.4, -0.2) is 30.6 Å². The van der Waals surface area contributed by atoms with Crippen LogP contribution in [-0.2, 0) is 0 Å². The molecule has 0 radical (unpaired) electrons. The molecule has 1 atom stereocenters. The Morgan fingerprint density at radius 2 is 1.76 bits per heavy atom. The first-order chi connectivity index (χ1) is 8.27. The van der Waals surface area contributed by atoms with Gasteiger partial charge >= 0.3 is 0 Å². The molecule has 1 unspecified atom stereocenters. The first-order valence-corrected chi connectivity index (χ1v) is 6.80. The van der Waals surface area contributed by atoms with Crippen molar-refractivity contribution < 1.29 is 0 Å². The van der Waals surface area contributed by atoms with Crippen molar-refractivity contribution in [3.8, 4) is 0 Å². The molecule has 1 saturated heterocycles. The third-order valence-electron chi connectivity index (χ3n) is 3.49. The lowest BCUT2D eigenvalue weighted by Gasteiger charge is -2.29. The standard InChI is InChI=1S/C15H24N2/c1-13(2)16-12-15(17-10-6-7-11-17)14-8-4-3-5-9-14/h3-5,8-9,13,15-16H,6-7,10-12H2,1-2H3. The van der Waals surface area contributed by atoms with Crippen LogP contribution in [0.3, 0.4) is 0 Å². The minimum absolute atomic E-state index is 0.543. The van der Waals surface area contributed by atoms with Crippen LogP contribution in [0, 0.1) is 0 Å². The fourth-order valence-corrected chi connectivity index (χ4v) is 2.53. The van der Waals surface area contributed by atoms with E-state index in [1.165, 1.54) is 31.5 Å². The molecule has 0 amide bonds. The number of benzene rings is 1. The molecule has 17 heavy (non-hydrogen) atoms. The number of nitrogens with zero attached hydrogens (tertiary/aromatic N) is 1. The highest BCUT2D eigenvalue weighted by atomic mass is 15.2. The van der Waals surface area contributed by atoms with Gasteiger partial charge in [-0.1, -0.05) is 44.2 Å². The van der Waals surface area contributed by atoms with Gasteiger partial charge in [0, 0.05) is 18.6 Å². The van der Waals surface area contributed by atoms with Gasteiger partial charge in [-0.05, 0) is 31.5 Å². The largest absolute Gasteiger partial charge is 0.313 e. The van der Waals surface area contributed by atoms with Crippen molar-refractivity contribution in [1.82, 2.24) is 10.2 Å². The Hall–Kier alpha value is -0.860. The quantitative estimate of drug-likeness (QED) is 0.840. The van der Waals surface area contributed by atoms with Crippen LogP contribution in [0.5, 0.6) is 0 Å². The fourth-order valence-electron chi connectivity index (χ4n) is 2.53. The van der Waals surface area contributed by atoms with Gasteiger partial charge in [0.05, 0.1) is 0 Å². The van der Waals surface area contributed by atoms with Crippen LogP contribution in [0.15, 0.2) is 30.3 Å². The van der Waals surface area contributed by atoms with E-state index in [9.17, 15) is 0 Å². The van der Waals surface area contributed by atoms with Gasteiger partial charge < -0.3 is 5.32 Å². The SMILES string of the molecule is CC(C)NCC(c1ccccc1)N1CCCC1. The minimum atomic E-state index is 0.543. The molecule has 1 aliphatic heterocycles. The van der Waals surface area contributed by atoms with Gasteiger partial charge in [0.1, 0.15) is 0 Å². The predicted octanol–water partition coefficient (Wildman–Crippen LogP) is 2.82. The van der Waals surface area contributed by atoms with E-state index in [0.717, 1.165) is 6.54 Å². The highest BCUT2D eigenvalue weighted by Crippen LogP contribution is 2.24. The Morgan fingerprint density at radius 1 is 1.12 bits per heavy atom. The van der Waals surface area contributed by atoms with Crippen molar-refractivity contribution in [2.45, 2.75) is 38.8 Å². The average Bonchev–Trinajstić information content (AvgIpc) is 2.84. The lowest BCUT2D eigenvalue weighted by atomic mass is 10.1. The monoisotopic (exact) mass is 232 g/mol. The highest BCUT2D eigenvalue weighted by molar-refractivity contribution is 5.19. The maximum absolute atomic E-state index is 3.58. The van der Waals surface area contributed by atoms with Crippen molar-refractivity contribution in [2.75, 3.05) is 19.6 Å². The molecule has 2 nitrogen and oxygen atoms in total. The van der Waals surface area contributed by atoms with E-state index in [1.54, 1.807) is 0 Å². The van der Waals surface area contributed by atoms with Gasteiger partial charge in [0.2, 0.25) is 0 Å². The van der Waals surface area contributed by atoms with Gasteiger partial charge in [0.25, 0.3) is 0 Å². The van der Waals surface area contributed by atoms with E-state index in [4.69, 9.17) is 0 Å². The molecule has 2 heteroatoms. The molecule has 1 N–H and O–H groups in total. The van der Waals surface area contributed by atoms with Gasteiger partial charge in [-0.2, -0.15) is 0 Å². The number of hydrogen-bond acceptors (Lipinski definition) is 2. The summed E-state index contributed by atoms with van der Waals surface area (Å²) in [6, 6.07) is 12.0. The molecule has 94 valence electrons. The fraction of sp³-hybridized carbons (Fsp3) is 0.600. The van der Waals surface area contributed by atoms with E-state index in [1.807, 2.05) is 0 Å². The predicted molar refractivity (Wildman–Crippen MR) is 73.1 cm³/mol. The van der Waals surface area contributed by atoms with Crippen molar-refractivity contribution in [3.05, 3.63) is 35.9 Å². The van der Waals surface area contributed by atoms with Crippen LogP contribution in [0.4, 0.5) is 0 Å². The summed E-state index contributed by atoms with van der Waals surface area (Å²) < 4.78 is 0. The molecule has 0 bridgehead atoms. The van der Waals surface area contributed by atoms with E-state index in [2.05, 4.69) is 54.4 Å². The van der Waals surface area contributed by atoms with E-state index < -0.39 is 0 Å². The molecule has 1 fully saturated rings. The molecule has 0 saturated carbocycles. The maximum atomic E-state index is 3.58. The van der Waals surface area contributed by atoms with Crippen LogP contribution in [0.2, 0.25) is 0 Å². The second-order valence-corrected chi connectivity index (χ2v) is 5.23. The third-order valence-corrected chi connectivity index (χ3v) is 3.49. The summed E-state index contributed by atoms with van der Waals surface area (Å²) in [5.74, 6) is 0. The molecule has 0 aromatic heterocycles. The summed E-state index contributed by atoms with van der Waals surface area (Å²) in [5.41, 5.74) is 1.45. The zero-order valence-corrected chi connectivity index (χ0v) is 11.0. The zero-order chi connectivity index (χ0) is 12.1. The summed E-state index contributed by atoms with van der Waals surface area (Å²) >= 11 is 0. The third kappa shape index (κ3) is 3.55. The van der Waals surface area contributed by atoms with Crippen LogP contribution in [0.1, 0.15) is 38.3 Å². The van der Waals surface area contributed by atoms with Crippen LogP contribution >= 0.6 is 0 Å². The number of nitrogens with one attached hydrogen (secondary N) is 1. The molecular weight excluding hydrogens is 208 g/mol. The minimum Gasteiger partial charge on any atom is -0.313 e. The van der Waals surface area contributed by atoms with Gasteiger partial charge in [-0.25, -0.2) is 0 Å². The molecular formula is C15H24N2. The number of likely N-dealkylation sites (tertiary alicyclic amines) is 1. The van der Waals surface area contributed by atoms with Crippen molar-refractivity contribution in [2.24, 2.45) is 0 Å². The summed E-state index contributed by atoms with van der Waals surface area (Å²) in [6.07, 6.45) is 2.70. The van der Waals surface area contributed by atoms with E-state index >= 15 is 0 Å². The Bertz CT molecular complexity index is 315. The topological polar surface area (TPSA) is 15.3 Å². The Kier molecular flexibility index (Phi) is 4.57. The zero-order valence-electron chi connectivity index (χ0n) is 11.0. The maximum Gasteiger partial charge on any atom is 0.0472 e. The van der Waals surface area contributed by atoms with Gasteiger partial charge in [-0.3, -0.25) is 4.90 Å². The molecule has 1 heterocycles.